The number of likely N-dealkylation sites (N-methyl/N-ethyl adjacent to an activating group) is 1. The largest absolute Gasteiger partial charge is 0.468 e. The molecule has 0 aliphatic heterocycles. The van der Waals surface area contributed by atoms with Gasteiger partial charge in [-0.2, -0.15) is 9.36 Å². The van der Waals surface area contributed by atoms with E-state index in [1.807, 2.05) is 0 Å². The number of aromatic nitrogens is 2. The predicted molar refractivity (Wildman–Crippen MR) is 57.9 cm³/mol. The fraction of sp³-hybridized carbons (Fsp3) is 0.778. The predicted octanol–water partition coefficient (Wildman–Crippen LogP) is 1.48. The smallest absolute Gasteiger partial charge is 0.293 e. The molecule has 0 unspecified atom stereocenters. The Bertz CT molecular complexity index is 252. The van der Waals surface area contributed by atoms with Crippen molar-refractivity contribution in [1.82, 2.24) is 14.7 Å². The molecule has 0 aliphatic rings. The third-order valence-electron chi connectivity index (χ3n) is 1.68. The van der Waals surface area contributed by atoms with Gasteiger partial charge in [0, 0.05) is 24.5 Å². The Kier molecular flexibility index (Phi) is 5.47. The molecule has 0 saturated carbocycles. The fourth-order valence-electron chi connectivity index (χ4n) is 1.01. The van der Waals surface area contributed by atoms with Crippen molar-refractivity contribution in [3.63, 3.8) is 0 Å². The first-order valence-corrected chi connectivity index (χ1v) is 5.80. The van der Waals surface area contributed by atoms with E-state index in [0.29, 0.717) is 11.8 Å². The summed E-state index contributed by atoms with van der Waals surface area (Å²) in [6.45, 7) is 6.69. The SMILES string of the molecule is CCCc1nsc(OCCNCC)n1. The lowest BCUT2D eigenvalue weighted by molar-refractivity contribution is 0.313. The van der Waals surface area contributed by atoms with Crippen molar-refractivity contribution >= 4 is 11.5 Å². The van der Waals surface area contributed by atoms with E-state index < -0.39 is 0 Å². The molecular weight excluding hydrogens is 198 g/mol. The molecule has 1 aromatic heterocycles. The molecular formula is C9H17N3OS. The Labute approximate surface area is 88.9 Å². The van der Waals surface area contributed by atoms with E-state index in [1.54, 1.807) is 0 Å². The van der Waals surface area contributed by atoms with Gasteiger partial charge < -0.3 is 10.1 Å². The van der Waals surface area contributed by atoms with E-state index in [4.69, 9.17) is 4.74 Å². The second-order valence-electron chi connectivity index (χ2n) is 2.93. The van der Waals surface area contributed by atoms with E-state index in [0.717, 1.165) is 31.8 Å². The van der Waals surface area contributed by atoms with Crippen molar-refractivity contribution in [3.05, 3.63) is 5.82 Å². The molecule has 1 heterocycles. The van der Waals surface area contributed by atoms with Crippen molar-refractivity contribution in [2.75, 3.05) is 19.7 Å². The van der Waals surface area contributed by atoms with Crippen LogP contribution in [-0.4, -0.2) is 29.1 Å². The second-order valence-corrected chi connectivity index (χ2v) is 3.64. The summed E-state index contributed by atoms with van der Waals surface area (Å²) in [4.78, 5) is 4.26. The summed E-state index contributed by atoms with van der Waals surface area (Å²) in [7, 11) is 0. The van der Waals surface area contributed by atoms with Crippen molar-refractivity contribution in [3.8, 4) is 5.19 Å². The summed E-state index contributed by atoms with van der Waals surface area (Å²) in [5, 5.41) is 3.87. The molecule has 4 nitrogen and oxygen atoms in total. The van der Waals surface area contributed by atoms with Crippen LogP contribution in [0.5, 0.6) is 5.19 Å². The summed E-state index contributed by atoms with van der Waals surface area (Å²) in [6, 6.07) is 0. The van der Waals surface area contributed by atoms with Gasteiger partial charge >= 0.3 is 0 Å². The van der Waals surface area contributed by atoms with E-state index >= 15 is 0 Å². The highest BCUT2D eigenvalue weighted by Crippen LogP contribution is 2.14. The first-order valence-electron chi connectivity index (χ1n) is 5.03. The average Bonchev–Trinajstić information content (AvgIpc) is 2.61. The number of hydrogen-bond donors (Lipinski definition) is 1. The molecule has 0 aliphatic carbocycles. The van der Waals surface area contributed by atoms with E-state index in [1.165, 1.54) is 11.5 Å². The normalized spacial score (nSPS) is 10.4. The summed E-state index contributed by atoms with van der Waals surface area (Å²) >= 11 is 1.34. The van der Waals surface area contributed by atoms with Gasteiger partial charge in [-0.05, 0) is 13.0 Å². The van der Waals surface area contributed by atoms with E-state index in [2.05, 4.69) is 28.5 Å². The first kappa shape index (κ1) is 11.4. The third-order valence-corrected chi connectivity index (χ3v) is 2.34. The van der Waals surface area contributed by atoms with Gasteiger partial charge in [0.2, 0.25) is 0 Å². The maximum Gasteiger partial charge on any atom is 0.293 e. The molecule has 14 heavy (non-hydrogen) atoms. The fourth-order valence-corrected chi connectivity index (χ4v) is 1.61. The molecule has 0 fully saturated rings. The van der Waals surface area contributed by atoms with Crippen LogP contribution in [-0.2, 0) is 6.42 Å². The minimum Gasteiger partial charge on any atom is -0.468 e. The van der Waals surface area contributed by atoms with Crippen LogP contribution in [0.25, 0.3) is 0 Å². The maximum absolute atomic E-state index is 5.42. The van der Waals surface area contributed by atoms with E-state index in [-0.39, 0.29) is 0 Å². The Balaban J connectivity index is 2.22. The van der Waals surface area contributed by atoms with Crippen molar-refractivity contribution in [1.29, 1.82) is 0 Å². The van der Waals surface area contributed by atoms with Gasteiger partial charge in [0.05, 0.1) is 0 Å². The van der Waals surface area contributed by atoms with Crippen LogP contribution >= 0.6 is 11.5 Å². The lowest BCUT2D eigenvalue weighted by atomic mass is 10.3. The second kappa shape index (κ2) is 6.73. The van der Waals surface area contributed by atoms with Gasteiger partial charge in [-0.3, -0.25) is 0 Å². The summed E-state index contributed by atoms with van der Waals surface area (Å²) < 4.78 is 9.61. The summed E-state index contributed by atoms with van der Waals surface area (Å²) in [5.74, 6) is 0.899. The highest BCUT2D eigenvalue weighted by molar-refractivity contribution is 7.07. The lowest BCUT2D eigenvalue weighted by Gasteiger charge is -2.01. The molecule has 0 aromatic carbocycles. The van der Waals surface area contributed by atoms with Gasteiger partial charge in [-0.15, -0.1) is 0 Å². The van der Waals surface area contributed by atoms with Crippen LogP contribution in [0.3, 0.4) is 0 Å². The van der Waals surface area contributed by atoms with Crippen molar-refractivity contribution in [2.45, 2.75) is 26.7 Å². The molecule has 1 rings (SSSR count). The molecule has 0 saturated heterocycles. The standard InChI is InChI=1S/C9H17N3OS/c1-3-5-8-11-9(14-12-8)13-7-6-10-4-2/h10H,3-7H2,1-2H3. The molecule has 0 radical (unpaired) electrons. The molecule has 1 aromatic rings. The van der Waals surface area contributed by atoms with Gasteiger partial charge in [0.25, 0.3) is 5.19 Å². The molecule has 1 N–H and O–H groups in total. The minimum atomic E-state index is 0.661. The first-order chi connectivity index (χ1) is 6.86. The number of aryl methyl sites for hydroxylation is 1. The van der Waals surface area contributed by atoms with Crippen molar-refractivity contribution < 1.29 is 4.74 Å². The van der Waals surface area contributed by atoms with Gasteiger partial charge in [-0.1, -0.05) is 13.8 Å². The maximum atomic E-state index is 5.42. The van der Waals surface area contributed by atoms with Crippen LogP contribution < -0.4 is 10.1 Å². The Morgan fingerprint density at radius 1 is 1.43 bits per heavy atom. The monoisotopic (exact) mass is 215 g/mol. The zero-order valence-corrected chi connectivity index (χ0v) is 9.56. The van der Waals surface area contributed by atoms with Gasteiger partial charge in [0.15, 0.2) is 0 Å². The van der Waals surface area contributed by atoms with Gasteiger partial charge in [0.1, 0.15) is 12.4 Å². The lowest BCUT2D eigenvalue weighted by Crippen LogP contribution is -2.20. The number of rotatable bonds is 7. The third kappa shape index (κ3) is 4.02. The number of nitrogens with one attached hydrogen (secondary N) is 1. The van der Waals surface area contributed by atoms with Crippen LogP contribution in [0.1, 0.15) is 26.1 Å². The topological polar surface area (TPSA) is 47.0 Å². The molecule has 5 heteroatoms. The highest BCUT2D eigenvalue weighted by Gasteiger charge is 2.02. The average molecular weight is 215 g/mol. The van der Waals surface area contributed by atoms with Crippen LogP contribution in [0.15, 0.2) is 0 Å². The molecule has 0 bridgehead atoms. The minimum absolute atomic E-state index is 0.661. The molecule has 80 valence electrons. The Hall–Kier alpha value is -0.680. The number of hydrogen-bond acceptors (Lipinski definition) is 5. The number of nitrogens with zero attached hydrogens (tertiary/aromatic N) is 2. The molecule has 0 atom stereocenters. The van der Waals surface area contributed by atoms with Crippen LogP contribution in [0.2, 0.25) is 0 Å². The van der Waals surface area contributed by atoms with Crippen LogP contribution in [0.4, 0.5) is 0 Å². The highest BCUT2D eigenvalue weighted by atomic mass is 32.1. The van der Waals surface area contributed by atoms with E-state index in [9.17, 15) is 0 Å². The summed E-state index contributed by atoms with van der Waals surface area (Å²) in [6.07, 6.45) is 2.01. The Morgan fingerprint density at radius 2 is 2.29 bits per heavy atom. The zero-order valence-electron chi connectivity index (χ0n) is 8.75. The zero-order chi connectivity index (χ0) is 10.2. The van der Waals surface area contributed by atoms with Crippen LogP contribution in [0, 0.1) is 0 Å². The molecule has 0 spiro atoms. The quantitative estimate of drug-likeness (QED) is 0.700. The van der Waals surface area contributed by atoms with Crippen molar-refractivity contribution in [2.24, 2.45) is 0 Å². The summed E-state index contributed by atoms with van der Waals surface area (Å²) in [5.41, 5.74) is 0. The Morgan fingerprint density at radius 3 is 3.00 bits per heavy atom. The molecule has 0 amide bonds. The van der Waals surface area contributed by atoms with Gasteiger partial charge in [-0.25, -0.2) is 0 Å². The number of ether oxygens (including phenoxy) is 1.